The van der Waals surface area contributed by atoms with Crippen molar-refractivity contribution in [3.8, 4) is 0 Å². The molecule has 0 aromatic heterocycles. The van der Waals surface area contributed by atoms with E-state index in [0.29, 0.717) is 6.42 Å². The summed E-state index contributed by atoms with van der Waals surface area (Å²) in [6.45, 7) is 3.02. The average molecular weight is 203 g/mol. The smallest absolute Gasteiger partial charge is 0.226 e. The Hall–Kier alpha value is -1.31. The molecule has 1 saturated heterocycles. The molecule has 1 fully saturated rings. The number of carbonyl (C=O) groups is 1. The van der Waals surface area contributed by atoms with Gasteiger partial charge in [0.1, 0.15) is 0 Å². The Morgan fingerprint density at radius 2 is 2.20 bits per heavy atom. The van der Waals surface area contributed by atoms with Gasteiger partial charge in [-0.05, 0) is 37.0 Å². The maximum atomic E-state index is 11.7. The van der Waals surface area contributed by atoms with Gasteiger partial charge in [0.2, 0.25) is 5.91 Å². The van der Waals surface area contributed by atoms with Gasteiger partial charge in [-0.25, -0.2) is 0 Å². The molecule has 0 bridgehead atoms. The zero-order chi connectivity index (χ0) is 10.7. The average Bonchev–Trinajstić information content (AvgIpc) is 2.30. The fourth-order valence-corrected chi connectivity index (χ4v) is 2.02. The largest absolute Gasteiger partial charge is 0.312 e. The molecule has 0 spiro atoms. The molecule has 1 aliphatic heterocycles. The molecule has 2 rings (SSSR count). The van der Waals surface area contributed by atoms with Gasteiger partial charge >= 0.3 is 0 Å². The fraction of sp³-hybridized carbons (Fsp3) is 0.462. The summed E-state index contributed by atoms with van der Waals surface area (Å²) in [5, 5.41) is 0. The van der Waals surface area contributed by atoms with Gasteiger partial charge in [0.15, 0.2) is 0 Å². The minimum absolute atomic E-state index is 0.273. The Morgan fingerprint density at radius 1 is 1.33 bits per heavy atom. The van der Waals surface area contributed by atoms with Gasteiger partial charge in [-0.15, -0.1) is 0 Å². The Bertz CT molecular complexity index is 359. The van der Waals surface area contributed by atoms with Crippen LogP contribution in [-0.2, 0) is 11.2 Å². The lowest BCUT2D eigenvalue weighted by Gasteiger charge is -2.27. The van der Waals surface area contributed by atoms with E-state index in [0.717, 1.165) is 31.5 Å². The van der Waals surface area contributed by atoms with Crippen molar-refractivity contribution in [1.29, 1.82) is 0 Å². The van der Waals surface area contributed by atoms with Crippen LogP contribution in [0, 0.1) is 0 Å². The van der Waals surface area contributed by atoms with Crippen LogP contribution >= 0.6 is 0 Å². The van der Waals surface area contributed by atoms with E-state index in [-0.39, 0.29) is 5.91 Å². The minimum Gasteiger partial charge on any atom is -0.312 e. The fourth-order valence-electron chi connectivity index (χ4n) is 2.02. The van der Waals surface area contributed by atoms with Gasteiger partial charge in [-0.1, -0.05) is 19.1 Å². The standard InChI is InChI=1S/C13H17NO/c1-2-11-6-5-7-12(10-11)14-9-4-3-8-13(14)15/h5-7,10H,2-4,8-9H2,1H3. The second-order valence-electron chi connectivity index (χ2n) is 4.03. The number of anilines is 1. The van der Waals surface area contributed by atoms with E-state index in [1.54, 1.807) is 0 Å². The number of piperidine rings is 1. The van der Waals surface area contributed by atoms with E-state index < -0.39 is 0 Å². The van der Waals surface area contributed by atoms with Crippen molar-refractivity contribution in [2.45, 2.75) is 32.6 Å². The Kier molecular flexibility index (Phi) is 3.05. The van der Waals surface area contributed by atoms with E-state index >= 15 is 0 Å². The molecule has 0 atom stereocenters. The molecule has 15 heavy (non-hydrogen) atoms. The predicted molar refractivity (Wildman–Crippen MR) is 62.0 cm³/mol. The van der Waals surface area contributed by atoms with Crippen LogP contribution in [0.2, 0.25) is 0 Å². The SMILES string of the molecule is CCc1cccc(N2CCCCC2=O)c1. The number of hydrogen-bond acceptors (Lipinski definition) is 1. The normalized spacial score (nSPS) is 16.9. The van der Waals surface area contributed by atoms with Crippen LogP contribution in [-0.4, -0.2) is 12.5 Å². The number of nitrogens with zero attached hydrogens (tertiary/aromatic N) is 1. The van der Waals surface area contributed by atoms with Crippen LogP contribution < -0.4 is 4.90 Å². The molecule has 1 aromatic rings. The van der Waals surface area contributed by atoms with Crippen molar-refractivity contribution in [3.63, 3.8) is 0 Å². The molecule has 1 aliphatic rings. The first-order valence-electron chi connectivity index (χ1n) is 5.70. The number of carbonyl (C=O) groups excluding carboxylic acids is 1. The lowest BCUT2D eigenvalue weighted by Crippen LogP contribution is -2.35. The predicted octanol–water partition coefficient (Wildman–Crippen LogP) is 2.77. The maximum Gasteiger partial charge on any atom is 0.226 e. The van der Waals surface area contributed by atoms with Gasteiger partial charge in [-0.2, -0.15) is 0 Å². The van der Waals surface area contributed by atoms with Crippen molar-refractivity contribution in [2.75, 3.05) is 11.4 Å². The number of amides is 1. The zero-order valence-corrected chi connectivity index (χ0v) is 9.20. The third kappa shape index (κ3) is 2.20. The van der Waals surface area contributed by atoms with Gasteiger partial charge < -0.3 is 4.90 Å². The van der Waals surface area contributed by atoms with Crippen LogP contribution in [0.1, 0.15) is 31.7 Å². The van der Waals surface area contributed by atoms with Gasteiger partial charge in [0.05, 0.1) is 0 Å². The van der Waals surface area contributed by atoms with E-state index in [1.165, 1.54) is 5.56 Å². The number of rotatable bonds is 2. The Balaban J connectivity index is 2.23. The Labute approximate surface area is 90.9 Å². The third-order valence-electron chi connectivity index (χ3n) is 2.95. The minimum atomic E-state index is 0.273. The van der Waals surface area contributed by atoms with Crippen LogP contribution in [0.5, 0.6) is 0 Å². The lowest BCUT2D eigenvalue weighted by molar-refractivity contribution is -0.119. The first kappa shape index (κ1) is 10.2. The van der Waals surface area contributed by atoms with Crippen molar-refractivity contribution < 1.29 is 4.79 Å². The van der Waals surface area contributed by atoms with Crippen LogP contribution in [0.3, 0.4) is 0 Å². The summed E-state index contributed by atoms with van der Waals surface area (Å²) < 4.78 is 0. The van der Waals surface area contributed by atoms with Gasteiger partial charge in [-0.3, -0.25) is 4.79 Å². The molecule has 1 heterocycles. The summed E-state index contributed by atoms with van der Waals surface area (Å²) in [7, 11) is 0. The molecule has 0 aliphatic carbocycles. The maximum absolute atomic E-state index is 11.7. The monoisotopic (exact) mass is 203 g/mol. The van der Waals surface area contributed by atoms with E-state index in [2.05, 4.69) is 19.1 Å². The summed E-state index contributed by atoms with van der Waals surface area (Å²) >= 11 is 0. The molecule has 0 radical (unpaired) electrons. The van der Waals surface area contributed by atoms with Crippen molar-refractivity contribution in [2.24, 2.45) is 0 Å². The van der Waals surface area contributed by atoms with Crippen LogP contribution in [0.15, 0.2) is 24.3 Å². The first-order valence-corrected chi connectivity index (χ1v) is 5.70. The highest BCUT2D eigenvalue weighted by atomic mass is 16.2. The summed E-state index contributed by atoms with van der Waals surface area (Å²) in [5.74, 6) is 0.273. The molecule has 0 saturated carbocycles. The molecular weight excluding hydrogens is 186 g/mol. The molecule has 1 aromatic carbocycles. The Morgan fingerprint density at radius 3 is 2.93 bits per heavy atom. The third-order valence-corrected chi connectivity index (χ3v) is 2.95. The van der Waals surface area contributed by atoms with Gasteiger partial charge in [0.25, 0.3) is 0 Å². The van der Waals surface area contributed by atoms with E-state index in [1.807, 2.05) is 17.0 Å². The van der Waals surface area contributed by atoms with Crippen molar-refractivity contribution in [1.82, 2.24) is 0 Å². The summed E-state index contributed by atoms with van der Waals surface area (Å²) in [5.41, 5.74) is 2.37. The quantitative estimate of drug-likeness (QED) is 0.723. The molecular formula is C13H17NO. The highest BCUT2D eigenvalue weighted by Gasteiger charge is 2.19. The number of benzene rings is 1. The second kappa shape index (κ2) is 4.47. The van der Waals surface area contributed by atoms with Crippen molar-refractivity contribution in [3.05, 3.63) is 29.8 Å². The number of hydrogen-bond donors (Lipinski definition) is 0. The van der Waals surface area contributed by atoms with Crippen molar-refractivity contribution >= 4 is 11.6 Å². The highest BCUT2D eigenvalue weighted by Crippen LogP contribution is 2.21. The molecule has 1 amide bonds. The molecule has 2 nitrogen and oxygen atoms in total. The molecule has 2 heteroatoms. The second-order valence-corrected chi connectivity index (χ2v) is 4.03. The summed E-state index contributed by atoms with van der Waals surface area (Å²) in [6, 6.07) is 8.31. The highest BCUT2D eigenvalue weighted by molar-refractivity contribution is 5.94. The lowest BCUT2D eigenvalue weighted by atomic mass is 10.1. The summed E-state index contributed by atoms with van der Waals surface area (Å²) in [6.07, 6.45) is 3.90. The molecule has 0 unspecified atom stereocenters. The van der Waals surface area contributed by atoms with Gasteiger partial charge in [0, 0.05) is 18.7 Å². The zero-order valence-electron chi connectivity index (χ0n) is 9.20. The van der Waals surface area contributed by atoms with Crippen LogP contribution in [0.25, 0.3) is 0 Å². The summed E-state index contributed by atoms with van der Waals surface area (Å²) in [4.78, 5) is 13.6. The number of aryl methyl sites for hydroxylation is 1. The first-order chi connectivity index (χ1) is 7.31. The van der Waals surface area contributed by atoms with E-state index in [9.17, 15) is 4.79 Å². The molecule has 0 N–H and O–H groups in total. The van der Waals surface area contributed by atoms with Crippen LogP contribution in [0.4, 0.5) is 5.69 Å². The van der Waals surface area contributed by atoms with E-state index in [4.69, 9.17) is 0 Å². The molecule has 80 valence electrons. The topological polar surface area (TPSA) is 20.3 Å².